The molecule has 146 valence electrons. The van der Waals surface area contributed by atoms with Crippen molar-refractivity contribution < 1.29 is 17.9 Å². The molecule has 0 bridgehead atoms. The van der Waals surface area contributed by atoms with Crippen molar-refractivity contribution in [2.24, 2.45) is 5.73 Å². The maximum absolute atomic E-state index is 13.3. The van der Waals surface area contributed by atoms with Gasteiger partial charge in [0.05, 0.1) is 17.1 Å². The number of carbonyl (C=O) groups is 1. The van der Waals surface area contributed by atoms with Crippen LogP contribution >= 0.6 is 0 Å². The summed E-state index contributed by atoms with van der Waals surface area (Å²) in [4.78, 5) is 12.1. The zero-order valence-electron chi connectivity index (χ0n) is 15.7. The summed E-state index contributed by atoms with van der Waals surface area (Å²) in [6.45, 7) is 4.58. The largest absolute Gasteiger partial charge is 0.462 e. The van der Waals surface area contributed by atoms with Crippen molar-refractivity contribution >= 4 is 16.0 Å². The van der Waals surface area contributed by atoms with Gasteiger partial charge in [-0.3, -0.25) is 0 Å². The van der Waals surface area contributed by atoms with Crippen molar-refractivity contribution in [3.63, 3.8) is 0 Å². The Kier molecular flexibility index (Phi) is 7.53. The topological polar surface area (TPSA) is 89.7 Å². The number of hydrogen-bond donors (Lipinski definition) is 1. The van der Waals surface area contributed by atoms with Gasteiger partial charge in [-0.2, -0.15) is 4.31 Å². The summed E-state index contributed by atoms with van der Waals surface area (Å²) in [7, 11) is -3.80. The molecule has 0 heterocycles. The molecule has 0 atom stereocenters. The SMILES string of the molecule is CCOC(=O)c1ccc(C)c(S(=O)(=O)N(CCCN)Cc2ccccc2)c1. The van der Waals surface area contributed by atoms with E-state index >= 15 is 0 Å². The summed E-state index contributed by atoms with van der Waals surface area (Å²) in [6, 6.07) is 14.0. The predicted octanol–water partition coefficient (Wildman–Crippen LogP) is 2.71. The molecule has 0 saturated carbocycles. The van der Waals surface area contributed by atoms with Gasteiger partial charge in [-0.05, 0) is 50.1 Å². The standard InChI is InChI=1S/C20H26N2O4S/c1-3-26-20(23)18-11-10-16(2)19(14-18)27(24,25)22(13-7-12-21)15-17-8-5-4-6-9-17/h4-6,8-11,14H,3,7,12-13,15,21H2,1-2H3. The molecule has 0 unspecified atom stereocenters. The van der Waals surface area contributed by atoms with Gasteiger partial charge in [0.25, 0.3) is 0 Å². The minimum atomic E-state index is -3.80. The van der Waals surface area contributed by atoms with Crippen molar-refractivity contribution in [3.8, 4) is 0 Å². The summed E-state index contributed by atoms with van der Waals surface area (Å²) < 4.78 is 33.1. The monoisotopic (exact) mass is 390 g/mol. The maximum Gasteiger partial charge on any atom is 0.338 e. The molecule has 0 radical (unpaired) electrons. The molecule has 2 N–H and O–H groups in total. The average molecular weight is 391 g/mol. The number of nitrogens with zero attached hydrogens (tertiary/aromatic N) is 1. The number of ether oxygens (including phenoxy) is 1. The third-order valence-corrected chi connectivity index (χ3v) is 6.12. The number of sulfonamides is 1. The lowest BCUT2D eigenvalue weighted by Crippen LogP contribution is -2.33. The molecule has 6 nitrogen and oxygen atoms in total. The number of aryl methyl sites for hydroxylation is 1. The number of nitrogens with two attached hydrogens (primary N) is 1. The number of carbonyl (C=O) groups excluding carboxylic acids is 1. The van der Waals surface area contributed by atoms with Crippen LogP contribution in [0.2, 0.25) is 0 Å². The van der Waals surface area contributed by atoms with Gasteiger partial charge in [0.1, 0.15) is 0 Å². The van der Waals surface area contributed by atoms with E-state index in [0.29, 0.717) is 25.1 Å². The second-order valence-electron chi connectivity index (χ2n) is 6.17. The fourth-order valence-corrected chi connectivity index (χ4v) is 4.41. The molecule has 27 heavy (non-hydrogen) atoms. The smallest absolute Gasteiger partial charge is 0.338 e. The van der Waals surface area contributed by atoms with E-state index in [0.717, 1.165) is 5.56 Å². The molecule has 0 aliphatic carbocycles. The Morgan fingerprint density at radius 3 is 2.48 bits per heavy atom. The van der Waals surface area contributed by atoms with Crippen LogP contribution in [-0.2, 0) is 21.3 Å². The number of rotatable bonds is 9. The van der Waals surface area contributed by atoms with Crippen LogP contribution in [0.15, 0.2) is 53.4 Å². The first-order valence-electron chi connectivity index (χ1n) is 8.92. The van der Waals surface area contributed by atoms with Crippen LogP contribution in [0.4, 0.5) is 0 Å². The Balaban J connectivity index is 2.42. The molecule has 7 heteroatoms. The molecule has 0 saturated heterocycles. The Hall–Kier alpha value is -2.22. The van der Waals surface area contributed by atoms with Gasteiger partial charge in [-0.25, -0.2) is 13.2 Å². The first-order chi connectivity index (χ1) is 12.9. The quantitative estimate of drug-likeness (QED) is 0.665. The molecule has 0 spiro atoms. The summed E-state index contributed by atoms with van der Waals surface area (Å²) in [6.07, 6.45) is 0.544. The molecule has 2 rings (SSSR count). The first kappa shape index (κ1) is 21.1. The third kappa shape index (κ3) is 5.38. The summed E-state index contributed by atoms with van der Waals surface area (Å²) >= 11 is 0. The number of hydrogen-bond acceptors (Lipinski definition) is 5. The second-order valence-corrected chi connectivity index (χ2v) is 8.07. The van der Waals surface area contributed by atoms with Crippen LogP contribution in [0.25, 0.3) is 0 Å². The lowest BCUT2D eigenvalue weighted by molar-refractivity contribution is 0.0526. The lowest BCUT2D eigenvalue weighted by atomic mass is 10.1. The van der Waals surface area contributed by atoms with Crippen molar-refractivity contribution in [1.82, 2.24) is 4.31 Å². The van der Waals surface area contributed by atoms with Crippen LogP contribution in [0.3, 0.4) is 0 Å². The first-order valence-corrected chi connectivity index (χ1v) is 10.4. The second kappa shape index (κ2) is 9.64. The van der Waals surface area contributed by atoms with E-state index in [9.17, 15) is 13.2 Å². The zero-order valence-corrected chi connectivity index (χ0v) is 16.5. The minimum absolute atomic E-state index is 0.112. The zero-order chi connectivity index (χ0) is 19.9. The highest BCUT2D eigenvalue weighted by Gasteiger charge is 2.27. The Bertz CT molecular complexity index is 867. The van der Waals surface area contributed by atoms with Crippen molar-refractivity contribution in [1.29, 1.82) is 0 Å². The van der Waals surface area contributed by atoms with Gasteiger partial charge < -0.3 is 10.5 Å². The van der Waals surface area contributed by atoms with Crippen molar-refractivity contribution in [2.45, 2.75) is 31.7 Å². The van der Waals surface area contributed by atoms with Crippen molar-refractivity contribution in [3.05, 3.63) is 65.2 Å². The molecule has 0 fully saturated rings. The Labute approximate surface area is 161 Å². The van der Waals surface area contributed by atoms with E-state index in [-0.39, 0.29) is 23.6 Å². The van der Waals surface area contributed by atoms with Crippen LogP contribution in [0.1, 0.15) is 34.8 Å². The molecule has 2 aromatic rings. The van der Waals surface area contributed by atoms with Gasteiger partial charge >= 0.3 is 5.97 Å². The van der Waals surface area contributed by atoms with E-state index in [1.54, 1.807) is 26.0 Å². The molecule has 0 aliphatic rings. The van der Waals surface area contributed by atoms with E-state index in [1.807, 2.05) is 30.3 Å². The highest BCUT2D eigenvalue weighted by Crippen LogP contribution is 2.24. The van der Waals surface area contributed by atoms with Crippen LogP contribution < -0.4 is 5.73 Å². The normalized spacial score (nSPS) is 11.6. The maximum atomic E-state index is 13.3. The van der Waals surface area contributed by atoms with Gasteiger partial charge in [0.2, 0.25) is 10.0 Å². The molecule has 2 aromatic carbocycles. The molecular formula is C20H26N2O4S. The molecule has 0 amide bonds. The van der Waals surface area contributed by atoms with E-state index in [2.05, 4.69) is 0 Å². The Morgan fingerprint density at radius 2 is 1.85 bits per heavy atom. The predicted molar refractivity (Wildman–Crippen MR) is 105 cm³/mol. The highest BCUT2D eigenvalue weighted by atomic mass is 32.2. The van der Waals surface area contributed by atoms with Crippen molar-refractivity contribution in [2.75, 3.05) is 19.7 Å². The third-order valence-electron chi connectivity index (χ3n) is 4.13. The lowest BCUT2D eigenvalue weighted by Gasteiger charge is -2.23. The fraction of sp³-hybridized carbons (Fsp3) is 0.350. The van der Waals surface area contributed by atoms with Gasteiger partial charge in [-0.1, -0.05) is 36.4 Å². The van der Waals surface area contributed by atoms with Crippen LogP contribution in [0.5, 0.6) is 0 Å². The summed E-state index contributed by atoms with van der Waals surface area (Å²) in [5.41, 5.74) is 7.28. The highest BCUT2D eigenvalue weighted by molar-refractivity contribution is 7.89. The van der Waals surface area contributed by atoms with Gasteiger partial charge in [0.15, 0.2) is 0 Å². The number of benzene rings is 2. The minimum Gasteiger partial charge on any atom is -0.462 e. The van der Waals surface area contributed by atoms with Gasteiger partial charge in [-0.15, -0.1) is 0 Å². The number of esters is 1. The van der Waals surface area contributed by atoms with E-state index < -0.39 is 16.0 Å². The Morgan fingerprint density at radius 1 is 1.15 bits per heavy atom. The molecular weight excluding hydrogens is 364 g/mol. The van der Waals surface area contributed by atoms with E-state index in [4.69, 9.17) is 10.5 Å². The van der Waals surface area contributed by atoms with Crippen LogP contribution in [0, 0.1) is 6.92 Å². The molecule has 0 aliphatic heterocycles. The summed E-state index contributed by atoms with van der Waals surface area (Å²) in [5, 5.41) is 0. The summed E-state index contributed by atoms with van der Waals surface area (Å²) in [5.74, 6) is -0.537. The average Bonchev–Trinajstić information content (AvgIpc) is 2.66. The van der Waals surface area contributed by atoms with E-state index in [1.165, 1.54) is 10.4 Å². The molecule has 0 aromatic heterocycles. The fourth-order valence-electron chi connectivity index (χ4n) is 2.70. The van der Waals surface area contributed by atoms with Gasteiger partial charge in [0, 0.05) is 13.1 Å². The van der Waals surface area contributed by atoms with Crippen LogP contribution in [-0.4, -0.2) is 38.4 Å².